The molecule has 0 unspecified atom stereocenters. The molecule has 0 saturated carbocycles. The van der Waals surface area contributed by atoms with Crippen molar-refractivity contribution in [1.82, 2.24) is 19.8 Å². The molecule has 0 aliphatic rings. The van der Waals surface area contributed by atoms with Crippen LogP contribution >= 0.6 is 11.8 Å². The number of carboxylic acid groups (broad SMARTS) is 2. The molecule has 5 N–H and O–H groups in total. The number of aliphatic hydroxyl groups is 1. The first-order valence-electron chi connectivity index (χ1n) is 15.9. The zero-order valence-electron chi connectivity index (χ0n) is 26.8. The monoisotopic (exact) mass is 665 g/mol. The van der Waals surface area contributed by atoms with Gasteiger partial charge in [-0.2, -0.15) is 11.8 Å². The van der Waals surface area contributed by atoms with Crippen molar-refractivity contribution in [2.75, 3.05) is 90.5 Å². The molecule has 0 aliphatic carbocycles. The van der Waals surface area contributed by atoms with Crippen molar-refractivity contribution in [3.63, 3.8) is 0 Å². The van der Waals surface area contributed by atoms with Crippen LogP contribution in [0.15, 0.2) is 36.4 Å². The largest absolute Gasteiger partial charge is 0.477 e. The number of unbranched alkanes of at least 4 members (excludes halogenated alkanes) is 2. The van der Waals surface area contributed by atoms with Crippen LogP contribution in [0.5, 0.6) is 0 Å². The van der Waals surface area contributed by atoms with Gasteiger partial charge in [-0.1, -0.05) is 18.6 Å². The minimum Gasteiger partial charge on any atom is -0.477 e. The number of pyridine rings is 2. The Morgan fingerprint density at radius 1 is 0.674 bits per heavy atom. The van der Waals surface area contributed by atoms with Crippen LogP contribution in [0.3, 0.4) is 0 Å². The predicted octanol–water partition coefficient (Wildman–Crippen LogP) is 2.47. The van der Waals surface area contributed by atoms with Crippen LogP contribution in [-0.2, 0) is 27.3 Å². The lowest BCUT2D eigenvalue weighted by atomic mass is 10.2. The van der Waals surface area contributed by atoms with Crippen molar-refractivity contribution in [2.24, 2.45) is 5.73 Å². The molecule has 258 valence electrons. The summed E-state index contributed by atoms with van der Waals surface area (Å²) in [5, 5.41) is 27.9. The molecule has 2 aromatic rings. The first-order valence-corrected chi connectivity index (χ1v) is 17.0. The molecule has 13 nitrogen and oxygen atoms in total. The van der Waals surface area contributed by atoms with E-state index in [1.165, 1.54) is 25.0 Å². The molecule has 0 spiro atoms. The van der Waals surface area contributed by atoms with Gasteiger partial charge >= 0.3 is 11.9 Å². The Hall–Kier alpha value is -2.69. The van der Waals surface area contributed by atoms with Gasteiger partial charge in [0.05, 0.1) is 51.0 Å². The van der Waals surface area contributed by atoms with Gasteiger partial charge in [0.15, 0.2) is 0 Å². The Morgan fingerprint density at radius 3 is 1.67 bits per heavy atom. The van der Waals surface area contributed by atoms with Crippen molar-refractivity contribution in [3.8, 4) is 0 Å². The van der Waals surface area contributed by atoms with Crippen LogP contribution in [0.25, 0.3) is 0 Å². The lowest BCUT2D eigenvalue weighted by Crippen LogP contribution is -2.32. The highest BCUT2D eigenvalue weighted by Gasteiger charge is 2.12. The van der Waals surface area contributed by atoms with Gasteiger partial charge in [0.2, 0.25) is 0 Å². The number of nitrogens with zero attached hydrogens (tertiary/aromatic N) is 4. The molecule has 0 amide bonds. The van der Waals surface area contributed by atoms with E-state index < -0.39 is 11.9 Å². The second-order valence-electron chi connectivity index (χ2n) is 10.6. The molecular formula is C32H51N5O8S. The maximum absolute atomic E-state index is 11.4. The normalized spacial score (nSPS) is 11.5. The highest BCUT2D eigenvalue weighted by Crippen LogP contribution is 2.09. The Kier molecular flexibility index (Phi) is 21.8. The lowest BCUT2D eigenvalue weighted by Gasteiger charge is -2.22. The van der Waals surface area contributed by atoms with Gasteiger partial charge in [0.25, 0.3) is 0 Å². The van der Waals surface area contributed by atoms with E-state index in [-0.39, 0.29) is 18.0 Å². The number of aromatic carboxylic acids is 2. The maximum atomic E-state index is 11.4. The number of nitrogens with two attached hydrogens (primary N) is 1. The minimum atomic E-state index is -1.08. The minimum absolute atomic E-state index is 0.0130. The summed E-state index contributed by atoms with van der Waals surface area (Å²) in [5.41, 5.74) is 6.82. The summed E-state index contributed by atoms with van der Waals surface area (Å²) < 4.78 is 17.4. The van der Waals surface area contributed by atoms with E-state index in [9.17, 15) is 19.8 Å². The van der Waals surface area contributed by atoms with Gasteiger partial charge in [0, 0.05) is 45.9 Å². The van der Waals surface area contributed by atoms with Crippen molar-refractivity contribution >= 4 is 23.7 Å². The fourth-order valence-electron chi connectivity index (χ4n) is 4.41. The Labute approximate surface area is 276 Å². The van der Waals surface area contributed by atoms with Gasteiger partial charge in [-0.15, -0.1) is 0 Å². The number of hydrogen-bond acceptors (Lipinski definition) is 12. The quantitative estimate of drug-likeness (QED) is 0.0931. The Balaban J connectivity index is 1.68. The average Bonchev–Trinajstić information content (AvgIpc) is 3.05. The molecule has 0 aliphatic heterocycles. The van der Waals surface area contributed by atoms with Crippen LogP contribution in [0.2, 0.25) is 0 Å². The number of aliphatic hydroxyl groups excluding tert-OH is 1. The molecular weight excluding hydrogens is 614 g/mol. The SMILES string of the molecule is NCCCCCSCCCOCCN(CCOCCOCCN(CCO)Cc1cccc(C(=O)O)n1)Cc1cccc(C(=O)O)n1. The number of hydrogen-bond donors (Lipinski definition) is 4. The molecule has 14 heteroatoms. The summed E-state index contributed by atoms with van der Waals surface area (Å²) in [5.74, 6) is 0.100. The van der Waals surface area contributed by atoms with Gasteiger partial charge in [-0.25, -0.2) is 19.6 Å². The number of carbonyl (C=O) groups is 2. The Morgan fingerprint density at radius 2 is 1.17 bits per heavy atom. The number of thioether (sulfide) groups is 1. The highest BCUT2D eigenvalue weighted by molar-refractivity contribution is 7.99. The second kappa shape index (κ2) is 25.4. The average molecular weight is 666 g/mol. The molecule has 0 atom stereocenters. The molecule has 2 aromatic heterocycles. The first-order chi connectivity index (χ1) is 22.4. The molecule has 0 fully saturated rings. The standard InChI is InChI=1S/C32H51N5O8S/c33-11-2-1-3-23-46-24-6-17-43-18-14-37(26-28-8-5-10-30(35-28)32(41)42)15-20-45-22-21-44-19-13-36(12-16-38)25-27-7-4-9-29(34-27)31(39)40/h4-5,7-10,38H,1-3,6,11-26,33H2,(H,39,40)(H,41,42). The zero-order chi connectivity index (χ0) is 33.2. The first kappa shape index (κ1) is 39.5. The molecule has 0 radical (unpaired) electrons. The number of ether oxygens (including phenoxy) is 3. The lowest BCUT2D eigenvalue weighted by molar-refractivity contribution is 0.0244. The van der Waals surface area contributed by atoms with E-state index in [0.717, 1.165) is 30.9 Å². The van der Waals surface area contributed by atoms with Crippen LogP contribution in [0.4, 0.5) is 0 Å². The topological polar surface area (TPSA) is 181 Å². The van der Waals surface area contributed by atoms with Crippen molar-refractivity contribution in [3.05, 3.63) is 59.2 Å². The van der Waals surface area contributed by atoms with Crippen molar-refractivity contribution in [1.29, 1.82) is 0 Å². The fraction of sp³-hybridized carbons (Fsp3) is 0.625. The Bertz CT molecular complexity index is 1120. The molecule has 2 heterocycles. The summed E-state index contributed by atoms with van der Waals surface area (Å²) in [6.07, 6.45) is 4.48. The summed E-state index contributed by atoms with van der Waals surface area (Å²) in [6, 6.07) is 9.86. The number of rotatable bonds is 29. The second-order valence-corrected chi connectivity index (χ2v) is 11.8. The fourth-order valence-corrected chi connectivity index (χ4v) is 5.34. The van der Waals surface area contributed by atoms with E-state index in [4.69, 9.17) is 25.1 Å². The highest BCUT2D eigenvalue weighted by atomic mass is 32.2. The molecule has 0 aromatic carbocycles. The summed E-state index contributed by atoms with van der Waals surface area (Å²) in [6.45, 7) is 6.80. The van der Waals surface area contributed by atoms with Crippen LogP contribution in [0, 0.1) is 0 Å². The van der Waals surface area contributed by atoms with Crippen molar-refractivity contribution < 1.29 is 39.1 Å². The van der Waals surface area contributed by atoms with E-state index in [1.807, 2.05) is 22.7 Å². The summed E-state index contributed by atoms with van der Waals surface area (Å²) in [4.78, 5) is 35.0. The van der Waals surface area contributed by atoms with E-state index in [2.05, 4.69) is 14.9 Å². The van der Waals surface area contributed by atoms with Crippen LogP contribution in [-0.4, -0.2) is 138 Å². The van der Waals surface area contributed by atoms with Gasteiger partial charge in [-0.3, -0.25) is 9.80 Å². The molecule has 0 bridgehead atoms. The molecule has 2 rings (SSSR count). The van der Waals surface area contributed by atoms with Crippen molar-refractivity contribution in [2.45, 2.75) is 38.8 Å². The molecule has 46 heavy (non-hydrogen) atoms. The molecule has 0 saturated heterocycles. The summed E-state index contributed by atoms with van der Waals surface area (Å²) in [7, 11) is 0. The van der Waals surface area contributed by atoms with Gasteiger partial charge in [0.1, 0.15) is 11.4 Å². The third kappa shape index (κ3) is 18.5. The zero-order valence-corrected chi connectivity index (χ0v) is 27.6. The van der Waals surface area contributed by atoms with E-state index >= 15 is 0 Å². The number of carboxylic acids is 2. The number of aromatic nitrogens is 2. The van der Waals surface area contributed by atoms with E-state index in [0.29, 0.717) is 90.3 Å². The third-order valence-electron chi connectivity index (χ3n) is 6.84. The maximum Gasteiger partial charge on any atom is 0.354 e. The van der Waals surface area contributed by atoms with Crippen LogP contribution < -0.4 is 5.73 Å². The predicted molar refractivity (Wildman–Crippen MR) is 177 cm³/mol. The van der Waals surface area contributed by atoms with Gasteiger partial charge in [-0.05, 0) is 61.6 Å². The summed E-state index contributed by atoms with van der Waals surface area (Å²) >= 11 is 1.95. The van der Waals surface area contributed by atoms with Gasteiger partial charge < -0.3 is 35.3 Å². The van der Waals surface area contributed by atoms with Crippen LogP contribution in [0.1, 0.15) is 58.0 Å². The van der Waals surface area contributed by atoms with E-state index in [1.54, 1.807) is 18.2 Å². The smallest absolute Gasteiger partial charge is 0.354 e. The third-order valence-corrected chi connectivity index (χ3v) is 7.99.